The number of benzene rings is 4. The molecule has 5 aromatic rings. The molecule has 0 aliphatic heterocycles. The Morgan fingerprint density at radius 3 is 2.27 bits per heavy atom. The second kappa shape index (κ2) is 13.1. The molecule has 208 valence electrons. The fourth-order valence-electron chi connectivity index (χ4n) is 4.35. The highest BCUT2D eigenvalue weighted by molar-refractivity contribution is 6.32. The highest BCUT2D eigenvalue weighted by Gasteiger charge is 2.27. The van der Waals surface area contributed by atoms with E-state index in [1.54, 1.807) is 13.2 Å². The van der Waals surface area contributed by atoms with Crippen molar-refractivity contribution in [1.29, 1.82) is 0 Å². The number of nitrogens with one attached hydrogen (secondary N) is 1. The van der Waals surface area contributed by atoms with Crippen molar-refractivity contribution in [2.75, 3.05) is 13.7 Å². The molecule has 5 rings (SSSR count). The topological polar surface area (TPSA) is 82.8 Å². The highest BCUT2D eigenvalue weighted by Crippen LogP contribution is 2.41. The van der Waals surface area contributed by atoms with Gasteiger partial charge in [0.2, 0.25) is 0 Å². The summed E-state index contributed by atoms with van der Waals surface area (Å²) in [6, 6.07) is 30.3. The first-order valence-electron chi connectivity index (χ1n) is 13.2. The second-order valence-corrected chi connectivity index (χ2v) is 9.55. The Bertz CT molecular complexity index is 1600. The summed E-state index contributed by atoms with van der Waals surface area (Å²) >= 11 is 6.77. The number of halogens is 1. The second-order valence-electron chi connectivity index (χ2n) is 9.14. The van der Waals surface area contributed by atoms with E-state index < -0.39 is 0 Å². The number of methoxy groups -OCH3 is 1. The molecule has 0 unspecified atom stereocenters. The Hall–Kier alpha value is -4.75. The van der Waals surface area contributed by atoms with E-state index in [0.717, 1.165) is 16.7 Å². The van der Waals surface area contributed by atoms with Gasteiger partial charge in [-0.25, -0.2) is 0 Å². The van der Waals surface area contributed by atoms with E-state index in [1.807, 2.05) is 97.9 Å². The number of carbonyl (C=O) groups excluding carboxylic acids is 1. The molecule has 1 N–H and O–H groups in total. The Morgan fingerprint density at radius 2 is 1.59 bits per heavy atom. The number of aromatic nitrogens is 1. The monoisotopic (exact) mass is 568 g/mol. The van der Waals surface area contributed by atoms with Crippen molar-refractivity contribution >= 4 is 17.5 Å². The summed E-state index contributed by atoms with van der Waals surface area (Å²) in [7, 11) is 1.60. The van der Waals surface area contributed by atoms with Crippen molar-refractivity contribution in [2.45, 2.75) is 20.1 Å². The molecule has 8 heteroatoms. The highest BCUT2D eigenvalue weighted by atomic mass is 35.5. The average molecular weight is 569 g/mol. The number of hydrogen-bond donors (Lipinski definition) is 1. The van der Waals surface area contributed by atoms with Crippen LogP contribution in [0.1, 0.15) is 28.5 Å². The minimum Gasteiger partial charge on any atom is -0.497 e. The van der Waals surface area contributed by atoms with Gasteiger partial charge in [-0.1, -0.05) is 77.4 Å². The first-order chi connectivity index (χ1) is 20.1. The maximum absolute atomic E-state index is 13.0. The molecule has 1 aromatic heterocycles. The van der Waals surface area contributed by atoms with E-state index in [-0.39, 0.29) is 18.2 Å². The zero-order valence-corrected chi connectivity index (χ0v) is 23.5. The third kappa shape index (κ3) is 6.53. The van der Waals surface area contributed by atoms with Crippen LogP contribution < -0.4 is 19.5 Å². The quantitative estimate of drug-likeness (QED) is 0.177. The molecule has 0 saturated heterocycles. The fraction of sp³-hybridized carbons (Fsp3) is 0.152. The van der Waals surface area contributed by atoms with Gasteiger partial charge in [0.05, 0.1) is 17.7 Å². The fourth-order valence-corrected chi connectivity index (χ4v) is 4.57. The van der Waals surface area contributed by atoms with Gasteiger partial charge in [-0.2, -0.15) is 0 Å². The van der Waals surface area contributed by atoms with Crippen molar-refractivity contribution < 1.29 is 23.5 Å². The first-order valence-corrected chi connectivity index (χ1v) is 13.5. The summed E-state index contributed by atoms with van der Waals surface area (Å²) in [5.74, 6) is 1.94. The van der Waals surface area contributed by atoms with E-state index >= 15 is 0 Å². The van der Waals surface area contributed by atoms with E-state index in [0.29, 0.717) is 52.3 Å². The van der Waals surface area contributed by atoms with Crippen LogP contribution >= 0.6 is 11.6 Å². The van der Waals surface area contributed by atoms with Crippen LogP contribution in [-0.2, 0) is 13.2 Å². The van der Waals surface area contributed by atoms with Crippen LogP contribution in [0.2, 0.25) is 5.02 Å². The Kier molecular flexibility index (Phi) is 8.86. The minimum atomic E-state index is -0.343. The molecular formula is C33H29ClN2O5. The third-order valence-corrected chi connectivity index (χ3v) is 6.70. The van der Waals surface area contributed by atoms with Crippen LogP contribution in [0.25, 0.3) is 22.5 Å². The molecule has 0 aliphatic carbocycles. The number of ether oxygens (including phenoxy) is 3. The van der Waals surface area contributed by atoms with E-state index in [4.69, 9.17) is 30.3 Å². The average Bonchev–Trinajstić information content (AvgIpc) is 3.46. The van der Waals surface area contributed by atoms with Crippen molar-refractivity contribution in [2.24, 2.45) is 0 Å². The smallest absolute Gasteiger partial charge is 0.274 e. The van der Waals surface area contributed by atoms with E-state index in [2.05, 4.69) is 10.5 Å². The summed E-state index contributed by atoms with van der Waals surface area (Å²) in [4.78, 5) is 13.0. The van der Waals surface area contributed by atoms with E-state index in [1.165, 1.54) is 0 Å². The van der Waals surface area contributed by atoms with Gasteiger partial charge in [-0.3, -0.25) is 4.79 Å². The lowest BCUT2D eigenvalue weighted by atomic mass is 9.96. The largest absolute Gasteiger partial charge is 0.497 e. The molecule has 0 spiro atoms. The predicted molar refractivity (Wildman–Crippen MR) is 158 cm³/mol. The Labute approximate surface area is 243 Å². The van der Waals surface area contributed by atoms with Gasteiger partial charge in [-0.05, 0) is 54.4 Å². The molecule has 0 bridgehead atoms. The molecule has 7 nitrogen and oxygen atoms in total. The molecule has 0 atom stereocenters. The zero-order valence-electron chi connectivity index (χ0n) is 22.7. The van der Waals surface area contributed by atoms with Crippen LogP contribution in [0.15, 0.2) is 102 Å². The van der Waals surface area contributed by atoms with Gasteiger partial charge in [0.25, 0.3) is 5.91 Å². The van der Waals surface area contributed by atoms with Gasteiger partial charge in [0, 0.05) is 17.7 Å². The lowest BCUT2D eigenvalue weighted by molar-refractivity contribution is 0.0947. The normalized spacial score (nSPS) is 10.7. The molecule has 1 amide bonds. The van der Waals surface area contributed by atoms with Gasteiger partial charge >= 0.3 is 0 Å². The summed E-state index contributed by atoms with van der Waals surface area (Å²) in [5.41, 5.74) is 3.83. The maximum atomic E-state index is 13.0. The van der Waals surface area contributed by atoms with E-state index in [9.17, 15) is 4.79 Å². The van der Waals surface area contributed by atoms with Crippen LogP contribution in [0, 0.1) is 0 Å². The van der Waals surface area contributed by atoms with Gasteiger partial charge in [-0.15, -0.1) is 0 Å². The number of carbonyl (C=O) groups is 1. The summed E-state index contributed by atoms with van der Waals surface area (Å²) in [6.45, 7) is 2.83. The predicted octanol–water partition coefficient (Wildman–Crippen LogP) is 7.58. The number of nitrogens with zero attached hydrogens (tertiary/aromatic N) is 1. The molecule has 0 saturated carbocycles. The zero-order chi connectivity index (χ0) is 28.6. The molecule has 1 heterocycles. The molecule has 0 fully saturated rings. The van der Waals surface area contributed by atoms with Gasteiger partial charge in [0.1, 0.15) is 30.5 Å². The number of amides is 1. The molecule has 4 aromatic carbocycles. The SMILES string of the molecule is CCNC(=O)c1noc(-c2cc(Cl)c(OCc3ccccc3)cc2COc2ccccc2)c1-c1ccc(OC)cc1. The summed E-state index contributed by atoms with van der Waals surface area (Å²) in [5, 5.41) is 7.39. The molecule has 0 aliphatic rings. The van der Waals surface area contributed by atoms with Crippen LogP contribution in [0.3, 0.4) is 0 Å². The van der Waals surface area contributed by atoms with Gasteiger partial charge in [0.15, 0.2) is 11.5 Å². The standard InChI is InChI=1S/C33H29ClN2O5/c1-3-35-33(37)31-30(23-14-16-25(38-2)17-15-23)32(41-36-31)27-19-28(34)29(40-20-22-10-6-4-7-11-22)18-24(27)21-39-26-12-8-5-9-13-26/h4-19H,3,20-21H2,1-2H3,(H,35,37). The lowest BCUT2D eigenvalue weighted by Crippen LogP contribution is -2.23. The van der Waals surface area contributed by atoms with Gasteiger partial charge < -0.3 is 24.1 Å². The molecule has 0 radical (unpaired) electrons. The van der Waals surface area contributed by atoms with Crippen LogP contribution in [0.4, 0.5) is 0 Å². The Morgan fingerprint density at radius 1 is 0.878 bits per heavy atom. The minimum absolute atomic E-state index is 0.169. The summed E-state index contributed by atoms with van der Waals surface area (Å²) < 4.78 is 23.4. The summed E-state index contributed by atoms with van der Waals surface area (Å²) in [6.07, 6.45) is 0. The molecular weight excluding hydrogens is 540 g/mol. The lowest BCUT2D eigenvalue weighted by Gasteiger charge is -2.15. The number of para-hydroxylation sites is 1. The Balaban J connectivity index is 1.60. The van der Waals surface area contributed by atoms with Crippen molar-refractivity contribution in [1.82, 2.24) is 10.5 Å². The van der Waals surface area contributed by atoms with Crippen molar-refractivity contribution in [3.05, 3.63) is 119 Å². The number of rotatable bonds is 11. The first kappa shape index (κ1) is 27.8. The van der Waals surface area contributed by atoms with Crippen molar-refractivity contribution in [3.8, 4) is 39.7 Å². The molecule has 41 heavy (non-hydrogen) atoms. The third-order valence-electron chi connectivity index (χ3n) is 6.40. The van der Waals surface area contributed by atoms with Crippen LogP contribution in [0.5, 0.6) is 17.2 Å². The number of hydrogen-bond acceptors (Lipinski definition) is 6. The van der Waals surface area contributed by atoms with Crippen LogP contribution in [-0.4, -0.2) is 24.7 Å². The maximum Gasteiger partial charge on any atom is 0.274 e. The van der Waals surface area contributed by atoms with Crippen molar-refractivity contribution in [3.63, 3.8) is 0 Å².